The largest absolute Gasteiger partial charge is 0.468 e. The summed E-state index contributed by atoms with van der Waals surface area (Å²) >= 11 is 0. The number of aliphatic hydroxyl groups excluding tert-OH is 14. The average Bonchev–Trinajstić information content (AvgIpc) is 0.795. The van der Waals surface area contributed by atoms with E-state index in [1.165, 1.54) is 63.3 Å². The molecule has 8 rings (SSSR count). The monoisotopic (exact) mass is 1460 g/mol. The van der Waals surface area contributed by atoms with Crippen molar-refractivity contribution in [2.45, 2.75) is 188 Å². The lowest BCUT2D eigenvalue weighted by Gasteiger charge is -2.42. The number of aliphatic hydroxyl groups is 14. The molecule has 4 saturated heterocycles. The molecule has 1 aromatic rings. The Morgan fingerprint density at radius 1 is 0.431 bits per heavy atom. The van der Waals surface area contributed by atoms with Crippen molar-refractivity contribution >= 4 is 35.8 Å². The van der Waals surface area contributed by atoms with E-state index < -0.39 is 241 Å². The van der Waals surface area contributed by atoms with Crippen LogP contribution < -0.4 is 4.74 Å². The number of esters is 6. The molecule has 0 saturated carbocycles. The van der Waals surface area contributed by atoms with Crippen LogP contribution in [0.25, 0.3) is 0 Å². The van der Waals surface area contributed by atoms with Gasteiger partial charge in [0.15, 0.2) is 31.3 Å². The van der Waals surface area contributed by atoms with Gasteiger partial charge in [-0.3, -0.25) is 14.4 Å². The third kappa shape index (κ3) is 18.4. The van der Waals surface area contributed by atoms with Crippen LogP contribution in [0.2, 0.25) is 0 Å². The molecule has 7 aliphatic rings. The molecule has 0 aromatic heterocycles. The fourth-order valence-electron chi connectivity index (χ4n) is 12.2. The van der Waals surface area contributed by atoms with Crippen molar-refractivity contribution in [1.29, 1.82) is 0 Å². The second-order valence-corrected chi connectivity index (χ2v) is 24.1. The standard InChI is InChI=1S/C65H86O37/c1-7-28-31(34(56(83)86-4)22-91-59(28)100-62-52(80)48(76)44(72)37(19-66)95-62)16-41(69)90-25-40-47(75)51(79)55(99-43(71)18-33-30(9-3)61(93-24-36(33)58(85)88-6)102-64-54(82)50(78)46(74)39(21-68)97-64)65(98-40)89-15-14-26-10-12-27(13-11-26)94-42(70)17-32-29(8-2)60(92-23-35(32)57(84)87-5)101-63-53(81)49(77)45(73)38(20-67)96-63/h7-13,22-24,31-33,37-40,44-55,59-68,72-82H,14-21,25H2,1-6H3/b28-7-,29-8-,30-9-/t31-,32-,33-,37+,38+,39+,40+,44+,45+,46+,47+,48-,49-,50-,51-,52+,53+,54+,55+,59-,60-,61-,62-,63-,64-,65+/m0/s1. The zero-order chi connectivity index (χ0) is 74.5. The fraction of sp³-hybridized carbons (Fsp3) is 0.631. The smallest absolute Gasteiger partial charge is 0.337 e. The van der Waals surface area contributed by atoms with Gasteiger partial charge in [-0.2, -0.15) is 0 Å². The molecule has 0 radical (unpaired) electrons. The third-order valence-electron chi connectivity index (χ3n) is 17.9. The molecular weight excluding hydrogens is 1370 g/mol. The molecule has 0 unspecified atom stereocenters. The first-order valence-corrected chi connectivity index (χ1v) is 32.2. The van der Waals surface area contributed by atoms with E-state index in [0.717, 1.165) is 40.1 Å². The summed E-state index contributed by atoms with van der Waals surface area (Å²) in [5.74, 6) is -9.72. The highest BCUT2D eigenvalue weighted by Gasteiger charge is 2.53. The molecule has 0 amide bonds. The van der Waals surface area contributed by atoms with Gasteiger partial charge >= 0.3 is 35.8 Å². The van der Waals surface area contributed by atoms with Gasteiger partial charge in [0, 0.05) is 34.5 Å². The average molecular weight is 1460 g/mol. The molecule has 1 aromatic carbocycles. The third-order valence-corrected chi connectivity index (χ3v) is 17.9. The molecule has 568 valence electrons. The van der Waals surface area contributed by atoms with Crippen LogP contribution in [-0.2, 0) is 111 Å². The van der Waals surface area contributed by atoms with Crippen molar-refractivity contribution in [3.8, 4) is 5.75 Å². The van der Waals surface area contributed by atoms with E-state index >= 15 is 0 Å². The SMILES string of the molecule is C/C=C1\[C@H](O[C@@H]2O[C@H](CO)[C@@H](O)[C@H](O)[C@H]2O)OC=C(C(=O)OC)[C@H]1CC(=O)OC[C@H]1O[C@@H](OCCc2ccc(OC(=O)C[C@@H]3C(C(=O)OC)=CO[C@@H](O[C@@H]4O[C@H](CO)[C@@H](O)[C@H](O)[C@H]4O)/C3=C\C)cc2)[C@H](OC(=O)C[C@@H]2C(C(=O)OC)=CO[C@@H](O[C@@H]3O[C@H](CO)[C@@H](O)[C@H](O)[C@H]3O)/C2=C\C)[C@@H](O)[C@@H]1O. The minimum absolute atomic E-state index is 0.00569. The van der Waals surface area contributed by atoms with Crippen LogP contribution in [0.15, 0.2) is 94.7 Å². The zero-order valence-electron chi connectivity index (χ0n) is 55.8. The maximum absolute atomic E-state index is 14.3. The number of methoxy groups -OCH3 is 3. The zero-order valence-corrected chi connectivity index (χ0v) is 55.8. The van der Waals surface area contributed by atoms with Crippen LogP contribution in [0.3, 0.4) is 0 Å². The highest BCUT2D eigenvalue weighted by Crippen LogP contribution is 2.41. The summed E-state index contributed by atoms with van der Waals surface area (Å²) in [7, 11) is 3.18. The van der Waals surface area contributed by atoms with Crippen molar-refractivity contribution in [3.05, 3.63) is 100 Å². The van der Waals surface area contributed by atoms with E-state index in [1.54, 1.807) is 0 Å². The van der Waals surface area contributed by atoms with Crippen LogP contribution in [0, 0.1) is 17.8 Å². The Kier molecular flexibility index (Phi) is 29.0. The van der Waals surface area contributed by atoms with E-state index in [0.29, 0.717) is 5.56 Å². The molecule has 14 N–H and O–H groups in total. The lowest BCUT2D eigenvalue weighted by Crippen LogP contribution is -2.61. The number of benzene rings is 1. The van der Waals surface area contributed by atoms with E-state index in [9.17, 15) is 100 Å². The second-order valence-electron chi connectivity index (χ2n) is 24.1. The van der Waals surface area contributed by atoms with Gasteiger partial charge in [0.25, 0.3) is 0 Å². The van der Waals surface area contributed by atoms with E-state index in [2.05, 4.69) is 0 Å². The van der Waals surface area contributed by atoms with Gasteiger partial charge in [-0.25, -0.2) is 14.4 Å². The Bertz CT molecular complexity index is 3230. The predicted molar refractivity (Wildman–Crippen MR) is 328 cm³/mol. The van der Waals surface area contributed by atoms with Crippen LogP contribution in [-0.4, -0.2) is 303 Å². The molecule has 102 heavy (non-hydrogen) atoms. The molecule has 37 heteroatoms. The van der Waals surface area contributed by atoms with Crippen molar-refractivity contribution in [2.75, 3.05) is 54.4 Å². The van der Waals surface area contributed by atoms with Crippen molar-refractivity contribution in [2.24, 2.45) is 17.8 Å². The Labute approximate surface area is 581 Å². The van der Waals surface area contributed by atoms with Crippen LogP contribution in [0.5, 0.6) is 5.75 Å². The number of ether oxygens (including phenoxy) is 17. The van der Waals surface area contributed by atoms with Gasteiger partial charge < -0.3 is 152 Å². The highest BCUT2D eigenvalue weighted by molar-refractivity contribution is 5.92. The van der Waals surface area contributed by atoms with E-state index in [1.807, 2.05) is 0 Å². The summed E-state index contributed by atoms with van der Waals surface area (Å²) in [6.45, 7) is 0.923. The van der Waals surface area contributed by atoms with Crippen molar-refractivity contribution < 1.29 is 181 Å². The van der Waals surface area contributed by atoms with E-state index in [4.69, 9.17) is 80.5 Å². The lowest BCUT2D eigenvalue weighted by molar-refractivity contribution is -0.327. The highest BCUT2D eigenvalue weighted by atomic mass is 16.8. The minimum atomic E-state index is -2.12. The topological polar surface area (TPSA) is 543 Å². The summed E-state index contributed by atoms with van der Waals surface area (Å²) in [6, 6.07) is 5.87. The van der Waals surface area contributed by atoms with Crippen LogP contribution in [0.4, 0.5) is 0 Å². The molecular formula is C65H86O37. The Balaban J connectivity index is 0.976. The first-order valence-electron chi connectivity index (χ1n) is 32.2. The van der Waals surface area contributed by atoms with Crippen molar-refractivity contribution in [1.82, 2.24) is 0 Å². The fourth-order valence-corrected chi connectivity index (χ4v) is 12.2. The molecule has 26 atom stereocenters. The number of hydrogen-bond donors (Lipinski definition) is 14. The first kappa shape index (κ1) is 80.7. The maximum atomic E-state index is 14.3. The number of carbonyl (C=O) groups excluding carboxylic acids is 6. The molecule has 7 aliphatic heterocycles. The first-order chi connectivity index (χ1) is 48.7. The number of carbonyl (C=O) groups is 6. The normalized spacial score (nSPS) is 37.5. The molecule has 7 heterocycles. The van der Waals surface area contributed by atoms with Gasteiger partial charge in [0.1, 0.15) is 104 Å². The van der Waals surface area contributed by atoms with Crippen molar-refractivity contribution in [3.63, 3.8) is 0 Å². The molecule has 37 nitrogen and oxygen atoms in total. The summed E-state index contributed by atoms with van der Waals surface area (Å²) in [4.78, 5) is 81.3. The Hall–Kier alpha value is -7.00. The predicted octanol–water partition coefficient (Wildman–Crippen LogP) is -5.40. The molecule has 0 spiro atoms. The van der Waals surface area contributed by atoms with Gasteiger partial charge in [-0.05, 0) is 44.9 Å². The van der Waals surface area contributed by atoms with Crippen LogP contribution >= 0.6 is 0 Å². The summed E-state index contributed by atoms with van der Waals surface area (Å²) in [5, 5.41) is 147. The Morgan fingerprint density at radius 2 is 0.784 bits per heavy atom. The number of rotatable bonds is 26. The minimum Gasteiger partial charge on any atom is -0.468 e. The summed E-state index contributed by atoms with van der Waals surface area (Å²) < 4.78 is 95.0. The van der Waals surface area contributed by atoms with E-state index in [-0.39, 0.29) is 52.2 Å². The van der Waals surface area contributed by atoms with Gasteiger partial charge in [0.05, 0.1) is 103 Å². The lowest BCUT2D eigenvalue weighted by atomic mass is 9.86. The summed E-state index contributed by atoms with van der Waals surface area (Å²) in [6.07, 6.45) is -34.8. The van der Waals surface area contributed by atoms with Gasteiger partial charge in [0.2, 0.25) is 18.9 Å². The Morgan fingerprint density at radius 3 is 1.15 bits per heavy atom. The van der Waals surface area contributed by atoms with Crippen LogP contribution in [0.1, 0.15) is 45.6 Å². The van der Waals surface area contributed by atoms with Gasteiger partial charge in [-0.15, -0.1) is 0 Å². The quantitative estimate of drug-likeness (QED) is 0.0178. The summed E-state index contributed by atoms with van der Waals surface area (Å²) in [5.41, 5.74) is 0.0920. The molecule has 0 bridgehead atoms. The number of hydrogen-bond acceptors (Lipinski definition) is 37. The molecule has 0 aliphatic carbocycles. The van der Waals surface area contributed by atoms with Gasteiger partial charge in [-0.1, -0.05) is 30.4 Å². The number of allylic oxidation sites excluding steroid dienone is 3. The molecule has 4 fully saturated rings. The second kappa shape index (κ2) is 36.6. The maximum Gasteiger partial charge on any atom is 0.337 e.